The molecule has 6 rings (SSSR count). The number of anilines is 2. The van der Waals surface area contributed by atoms with E-state index in [2.05, 4.69) is 44.6 Å². The molecule has 4 aliphatic heterocycles. The Morgan fingerprint density at radius 3 is 3.17 bits per heavy atom. The number of fused-ring (bicyclic) bond motifs is 6. The summed E-state index contributed by atoms with van der Waals surface area (Å²) >= 11 is 1.83. The lowest BCUT2D eigenvalue weighted by molar-refractivity contribution is 0.194. The maximum absolute atomic E-state index is 14.3. The summed E-state index contributed by atoms with van der Waals surface area (Å²) in [6.07, 6.45) is 8.79. The van der Waals surface area contributed by atoms with Crippen LogP contribution < -0.4 is 15.4 Å². The molecule has 5 heterocycles. The first kappa shape index (κ1) is 18.4. The molecule has 2 bridgehead atoms. The monoisotopic (exact) mass is 425 g/mol. The van der Waals surface area contributed by atoms with Gasteiger partial charge in [0.05, 0.1) is 17.1 Å². The fourth-order valence-corrected chi connectivity index (χ4v) is 5.94. The van der Waals surface area contributed by atoms with E-state index in [0.29, 0.717) is 5.25 Å². The van der Waals surface area contributed by atoms with Gasteiger partial charge in [-0.25, -0.2) is 14.4 Å². The van der Waals surface area contributed by atoms with Crippen molar-refractivity contribution in [3.05, 3.63) is 47.7 Å². The maximum atomic E-state index is 14.3. The summed E-state index contributed by atoms with van der Waals surface area (Å²) < 4.78 is 20.8. The summed E-state index contributed by atoms with van der Waals surface area (Å²) in [7, 11) is 0. The number of nitrogens with zero attached hydrogens (tertiary/aromatic N) is 3. The normalized spacial score (nSPS) is 31.9. The minimum atomic E-state index is -0.268. The van der Waals surface area contributed by atoms with Gasteiger partial charge in [-0.2, -0.15) is 0 Å². The Morgan fingerprint density at radius 1 is 1.30 bits per heavy atom. The second-order valence-corrected chi connectivity index (χ2v) is 10.1. The molecule has 2 saturated heterocycles. The number of rotatable bonds is 0. The molecule has 156 valence electrons. The lowest BCUT2D eigenvalue weighted by atomic mass is 10.0. The van der Waals surface area contributed by atoms with Crippen LogP contribution in [0.2, 0.25) is 0 Å². The summed E-state index contributed by atoms with van der Waals surface area (Å²) in [5.74, 6) is 1.43. The van der Waals surface area contributed by atoms with Crippen molar-refractivity contribution >= 4 is 29.3 Å². The van der Waals surface area contributed by atoms with Crippen LogP contribution in [0.15, 0.2) is 30.6 Å². The van der Waals surface area contributed by atoms with Gasteiger partial charge in [-0.05, 0) is 56.5 Å². The number of thioether (sulfide) groups is 1. The van der Waals surface area contributed by atoms with E-state index in [0.717, 1.165) is 60.9 Å². The van der Waals surface area contributed by atoms with E-state index < -0.39 is 0 Å². The molecule has 0 aliphatic carbocycles. The van der Waals surface area contributed by atoms with Crippen molar-refractivity contribution in [1.29, 1.82) is 0 Å². The molecule has 30 heavy (non-hydrogen) atoms. The van der Waals surface area contributed by atoms with E-state index in [1.807, 2.05) is 11.8 Å². The molecule has 2 aromatic rings. The van der Waals surface area contributed by atoms with Gasteiger partial charge in [0.25, 0.3) is 0 Å². The highest BCUT2D eigenvalue weighted by atomic mass is 32.2. The molecule has 0 spiro atoms. The third kappa shape index (κ3) is 3.04. The summed E-state index contributed by atoms with van der Waals surface area (Å²) in [5, 5.41) is 7.51. The summed E-state index contributed by atoms with van der Waals surface area (Å²) in [6.45, 7) is 3.87. The Labute approximate surface area is 179 Å². The van der Waals surface area contributed by atoms with Gasteiger partial charge in [0.1, 0.15) is 23.6 Å². The van der Waals surface area contributed by atoms with E-state index in [-0.39, 0.29) is 23.0 Å². The molecule has 6 nitrogen and oxygen atoms in total. The van der Waals surface area contributed by atoms with Crippen LogP contribution in [-0.4, -0.2) is 44.3 Å². The molecular weight excluding hydrogens is 401 g/mol. The number of benzene rings is 1. The molecule has 3 unspecified atom stereocenters. The van der Waals surface area contributed by atoms with Gasteiger partial charge in [-0.3, -0.25) is 4.90 Å². The second-order valence-electron chi connectivity index (χ2n) is 8.45. The number of nitrogens with one attached hydrogen (secondary N) is 2. The summed E-state index contributed by atoms with van der Waals surface area (Å²) in [5.41, 5.74) is 2.78. The minimum Gasteiger partial charge on any atom is -0.475 e. The topological polar surface area (TPSA) is 62.3 Å². The predicted molar refractivity (Wildman–Crippen MR) is 117 cm³/mol. The lowest BCUT2D eigenvalue weighted by Gasteiger charge is -2.35. The molecule has 4 aliphatic rings. The molecule has 0 saturated carbocycles. The van der Waals surface area contributed by atoms with E-state index in [1.54, 1.807) is 18.5 Å². The quantitative estimate of drug-likeness (QED) is 0.612. The fourth-order valence-electron chi connectivity index (χ4n) is 4.90. The van der Waals surface area contributed by atoms with Crippen LogP contribution in [0.5, 0.6) is 5.75 Å². The Kier molecular flexibility index (Phi) is 4.21. The van der Waals surface area contributed by atoms with Gasteiger partial charge < -0.3 is 15.4 Å². The van der Waals surface area contributed by atoms with E-state index in [9.17, 15) is 4.39 Å². The van der Waals surface area contributed by atoms with Crippen molar-refractivity contribution < 1.29 is 9.13 Å². The summed E-state index contributed by atoms with van der Waals surface area (Å²) in [6, 6.07) is 5.06. The highest BCUT2D eigenvalue weighted by Crippen LogP contribution is 2.56. The molecule has 2 fully saturated rings. The van der Waals surface area contributed by atoms with Crippen molar-refractivity contribution in [2.75, 3.05) is 23.7 Å². The Balaban J connectivity index is 1.44. The zero-order valence-corrected chi connectivity index (χ0v) is 17.6. The lowest BCUT2D eigenvalue weighted by Crippen LogP contribution is -2.41. The van der Waals surface area contributed by atoms with Gasteiger partial charge in [0.15, 0.2) is 10.8 Å². The molecule has 1 aromatic heterocycles. The highest BCUT2D eigenvalue weighted by Gasteiger charge is 2.54. The minimum absolute atomic E-state index is 0.00533. The van der Waals surface area contributed by atoms with E-state index >= 15 is 0 Å². The van der Waals surface area contributed by atoms with Crippen molar-refractivity contribution in [3.63, 3.8) is 0 Å². The Bertz CT molecular complexity index is 1030. The number of aromatic nitrogens is 2. The SMILES string of the molecule is CC12Oc3ccc(F)cc3[C@H]3CCCN3C3C=Cc4ncnc(c4N3)NCCC1S2. The predicted octanol–water partition coefficient (Wildman–Crippen LogP) is 4.24. The van der Waals surface area contributed by atoms with Crippen LogP contribution in [-0.2, 0) is 0 Å². The van der Waals surface area contributed by atoms with Crippen molar-refractivity contribution in [2.24, 2.45) is 0 Å². The van der Waals surface area contributed by atoms with Crippen LogP contribution in [0.4, 0.5) is 15.9 Å². The standard InChI is InChI=1S/C22H24FN5OS/c1-22-18(30-22)8-9-24-21-20-15(25-12-26-21)5-7-19(27-20)28-10-2-3-16(28)14-11-13(23)4-6-17(14)29-22/h4-7,11-12,16,18-19,27H,2-3,8-10H2,1H3,(H,24,25,26)/t16-,18?,19?,22?/m1/s1. The van der Waals surface area contributed by atoms with Crippen LogP contribution in [0, 0.1) is 5.82 Å². The van der Waals surface area contributed by atoms with Crippen LogP contribution >= 0.6 is 11.8 Å². The van der Waals surface area contributed by atoms with E-state index in [1.165, 1.54) is 6.07 Å². The average molecular weight is 426 g/mol. The first-order valence-corrected chi connectivity index (χ1v) is 11.4. The first-order chi connectivity index (χ1) is 14.6. The van der Waals surface area contributed by atoms with Crippen molar-refractivity contribution in [2.45, 2.75) is 48.6 Å². The van der Waals surface area contributed by atoms with Crippen LogP contribution in [0.1, 0.15) is 43.5 Å². The van der Waals surface area contributed by atoms with Gasteiger partial charge in [0.2, 0.25) is 0 Å². The van der Waals surface area contributed by atoms with Crippen molar-refractivity contribution in [3.8, 4) is 5.75 Å². The second kappa shape index (κ2) is 6.85. The fraction of sp³-hybridized carbons (Fsp3) is 0.455. The third-order valence-corrected chi connectivity index (χ3v) is 8.05. The first-order valence-electron chi connectivity index (χ1n) is 10.6. The molecule has 2 N–H and O–H groups in total. The molecule has 0 amide bonds. The molecule has 4 atom stereocenters. The zero-order valence-electron chi connectivity index (χ0n) is 16.8. The Hall–Kier alpha value is -2.32. The Morgan fingerprint density at radius 2 is 2.23 bits per heavy atom. The number of hydrogen-bond acceptors (Lipinski definition) is 7. The number of hydrogen-bond donors (Lipinski definition) is 2. The van der Waals surface area contributed by atoms with Gasteiger partial charge >= 0.3 is 0 Å². The number of ether oxygens (including phenoxy) is 1. The van der Waals surface area contributed by atoms with Crippen molar-refractivity contribution in [1.82, 2.24) is 14.9 Å². The zero-order chi connectivity index (χ0) is 20.3. The van der Waals surface area contributed by atoms with Crippen LogP contribution in [0.3, 0.4) is 0 Å². The molecule has 8 heteroatoms. The smallest absolute Gasteiger partial charge is 0.164 e. The molecule has 0 radical (unpaired) electrons. The van der Waals surface area contributed by atoms with E-state index in [4.69, 9.17) is 4.74 Å². The van der Waals surface area contributed by atoms with Gasteiger partial charge in [-0.15, -0.1) is 11.8 Å². The third-order valence-electron chi connectivity index (χ3n) is 6.50. The maximum Gasteiger partial charge on any atom is 0.164 e. The highest BCUT2D eigenvalue weighted by molar-refractivity contribution is 8.08. The van der Waals surface area contributed by atoms with Gasteiger partial charge in [0, 0.05) is 24.7 Å². The van der Waals surface area contributed by atoms with Crippen LogP contribution in [0.25, 0.3) is 6.08 Å². The van der Waals surface area contributed by atoms with Gasteiger partial charge in [-0.1, -0.05) is 0 Å². The molecule has 1 aromatic carbocycles. The summed E-state index contributed by atoms with van der Waals surface area (Å²) in [4.78, 5) is 11.0. The average Bonchev–Trinajstić information content (AvgIpc) is 3.15. The number of halogens is 1. The largest absolute Gasteiger partial charge is 0.475 e. The molecular formula is C22H24FN5OS.